The fraction of sp³-hybridized carbons (Fsp3) is 0.618. The van der Waals surface area contributed by atoms with Gasteiger partial charge in [-0.1, -0.05) is 94.7 Å². The average molecular weight is 881 g/mol. The number of carbonyl (C=O) groups excluding carboxylic acids is 5. The van der Waals surface area contributed by atoms with Crippen molar-refractivity contribution in [1.82, 2.24) is 0 Å². The zero-order valence-corrected chi connectivity index (χ0v) is 33.6. The number of ether oxygens (including phenoxy) is 7. The molecule has 0 amide bonds. The van der Waals surface area contributed by atoms with Gasteiger partial charge in [-0.25, -0.2) is 14.4 Å². The van der Waals surface area contributed by atoms with Crippen LogP contribution in [0.5, 0.6) is 0 Å². The van der Waals surface area contributed by atoms with Crippen molar-refractivity contribution >= 4 is 99.6 Å². The summed E-state index contributed by atoms with van der Waals surface area (Å²) in [5.41, 5.74) is -6.28. The molecule has 14 nitrogen and oxygen atoms in total. The number of hydrogen-bond donors (Lipinski definition) is 2. The SMILES string of the molecule is CC(=O)O[C@@]12COC1CC(OC(=O)OCC(Cl)(Cl)Cl)[C@@]1(C)C(=O)C(OC(=O)OCC(Cl)(Cl)Cl)C3=C(C)C(O)CC(O)(C(OC(=O)c4ccccc4)C21)[C@H]3C. The van der Waals surface area contributed by atoms with Crippen molar-refractivity contribution in [3.8, 4) is 0 Å². The van der Waals surface area contributed by atoms with Crippen LogP contribution in [0.2, 0.25) is 0 Å². The van der Waals surface area contributed by atoms with Crippen LogP contribution in [0.25, 0.3) is 0 Å². The molecule has 298 valence electrons. The first-order valence-corrected chi connectivity index (χ1v) is 18.7. The van der Waals surface area contributed by atoms with Gasteiger partial charge in [-0.3, -0.25) is 9.59 Å². The second kappa shape index (κ2) is 15.6. The number of esters is 2. The van der Waals surface area contributed by atoms with Crippen LogP contribution in [0.4, 0.5) is 9.59 Å². The fourth-order valence-electron chi connectivity index (χ4n) is 8.11. The molecule has 20 heteroatoms. The van der Waals surface area contributed by atoms with E-state index in [4.69, 9.17) is 103 Å². The molecule has 7 unspecified atom stereocenters. The van der Waals surface area contributed by atoms with Gasteiger partial charge in [0.05, 0.1) is 29.6 Å². The van der Waals surface area contributed by atoms with Crippen LogP contribution < -0.4 is 0 Å². The second-order valence-electron chi connectivity index (χ2n) is 13.9. The summed E-state index contributed by atoms with van der Waals surface area (Å²) in [5, 5.41) is 24.5. The summed E-state index contributed by atoms with van der Waals surface area (Å²) in [7, 11) is 0. The summed E-state index contributed by atoms with van der Waals surface area (Å²) in [6, 6.07) is 7.70. The van der Waals surface area contributed by atoms with E-state index in [0.717, 1.165) is 6.92 Å². The number of aliphatic hydroxyl groups excluding tert-OH is 1. The highest BCUT2D eigenvalue weighted by Crippen LogP contribution is 2.62. The highest BCUT2D eigenvalue weighted by atomic mass is 35.6. The zero-order valence-electron chi connectivity index (χ0n) is 29.0. The van der Waals surface area contributed by atoms with Gasteiger partial charge in [-0.2, -0.15) is 0 Å². The molecule has 0 spiro atoms. The Balaban J connectivity index is 1.76. The van der Waals surface area contributed by atoms with E-state index < -0.39 is 116 Å². The topological polar surface area (TPSA) is 190 Å². The van der Waals surface area contributed by atoms with Gasteiger partial charge in [0.25, 0.3) is 0 Å². The minimum atomic E-state index is -2.31. The van der Waals surface area contributed by atoms with Gasteiger partial charge in [-0.15, -0.1) is 0 Å². The maximum Gasteiger partial charge on any atom is 0.509 e. The van der Waals surface area contributed by atoms with Crippen LogP contribution in [0.3, 0.4) is 0 Å². The molecular formula is C34H36Cl6O14. The maximum absolute atomic E-state index is 15.5. The predicted molar refractivity (Wildman–Crippen MR) is 192 cm³/mol. The van der Waals surface area contributed by atoms with Crippen LogP contribution in [-0.4, -0.2) is 109 Å². The highest BCUT2D eigenvalue weighted by Gasteiger charge is 2.78. The highest BCUT2D eigenvalue weighted by molar-refractivity contribution is 6.68. The van der Waals surface area contributed by atoms with Crippen LogP contribution >= 0.6 is 69.6 Å². The van der Waals surface area contributed by atoms with Gasteiger partial charge in [0.2, 0.25) is 7.59 Å². The van der Waals surface area contributed by atoms with Crippen LogP contribution in [0.15, 0.2) is 41.5 Å². The van der Waals surface area contributed by atoms with E-state index in [-0.39, 0.29) is 29.7 Å². The van der Waals surface area contributed by atoms with E-state index in [1.807, 2.05) is 0 Å². The molecule has 4 aliphatic rings. The second-order valence-corrected chi connectivity index (χ2v) is 18.9. The molecular weight excluding hydrogens is 845 g/mol. The largest absolute Gasteiger partial charge is 0.509 e. The van der Waals surface area contributed by atoms with E-state index >= 15 is 4.79 Å². The Bertz CT molecular complexity index is 1700. The number of hydrogen-bond acceptors (Lipinski definition) is 14. The third kappa shape index (κ3) is 8.24. The first-order valence-electron chi connectivity index (χ1n) is 16.5. The number of fused-ring (bicyclic) bond motifs is 5. The molecule has 1 heterocycles. The molecule has 2 bridgehead atoms. The number of alkyl halides is 6. The molecule has 0 radical (unpaired) electrons. The lowest BCUT2D eigenvalue weighted by molar-refractivity contribution is -0.343. The van der Waals surface area contributed by atoms with Gasteiger partial charge in [-0.05, 0) is 37.1 Å². The number of carbonyl (C=O) groups is 5. The molecule has 1 aromatic carbocycles. The minimum Gasteiger partial charge on any atom is -0.455 e. The van der Waals surface area contributed by atoms with Crippen LogP contribution in [-0.2, 0) is 42.7 Å². The summed E-state index contributed by atoms with van der Waals surface area (Å²) in [4.78, 5) is 68.8. The smallest absolute Gasteiger partial charge is 0.455 e. The third-order valence-electron chi connectivity index (χ3n) is 10.6. The Hall–Kier alpha value is -2.27. The van der Waals surface area contributed by atoms with E-state index in [2.05, 4.69) is 0 Å². The molecule has 2 saturated carbocycles. The van der Waals surface area contributed by atoms with Gasteiger partial charge in [0.1, 0.15) is 37.1 Å². The van der Waals surface area contributed by atoms with E-state index in [9.17, 15) is 29.4 Å². The Morgan fingerprint density at radius 1 is 0.944 bits per heavy atom. The minimum absolute atomic E-state index is 0.0480. The molecule has 3 aliphatic carbocycles. The molecule has 1 saturated heterocycles. The van der Waals surface area contributed by atoms with Gasteiger partial charge >= 0.3 is 24.2 Å². The third-order valence-corrected chi connectivity index (χ3v) is 11.3. The average Bonchev–Trinajstić information content (AvgIpc) is 3.07. The van der Waals surface area contributed by atoms with Crippen molar-refractivity contribution in [1.29, 1.82) is 0 Å². The van der Waals surface area contributed by atoms with Crippen LogP contribution in [0.1, 0.15) is 50.9 Å². The first kappa shape index (κ1) is 42.9. The molecule has 5 rings (SSSR count). The maximum atomic E-state index is 15.5. The van der Waals surface area contributed by atoms with Gasteiger partial charge in [0, 0.05) is 25.7 Å². The molecule has 1 aliphatic heterocycles. The fourth-order valence-corrected chi connectivity index (χ4v) is 8.43. The Morgan fingerprint density at radius 3 is 2.04 bits per heavy atom. The zero-order chi connectivity index (χ0) is 40.2. The lowest BCUT2D eigenvalue weighted by Crippen LogP contribution is -2.81. The van der Waals surface area contributed by atoms with Gasteiger partial charge < -0.3 is 43.4 Å². The number of Topliss-reactive ketones (excluding diaryl/α,β-unsaturated/α-hetero) is 1. The summed E-state index contributed by atoms with van der Waals surface area (Å²) in [6.45, 7) is 3.40. The molecule has 3 fully saturated rings. The van der Waals surface area contributed by atoms with Crippen LogP contribution in [0, 0.1) is 17.3 Å². The summed E-state index contributed by atoms with van der Waals surface area (Å²) < 4.78 is 35.4. The lowest BCUT2D eigenvalue weighted by Gasteiger charge is -2.66. The van der Waals surface area contributed by atoms with Crippen molar-refractivity contribution < 1.29 is 67.3 Å². The Labute approximate surface area is 339 Å². The number of ketones is 1. The summed E-state index contributed by atoms with van der Waals surface area (Å²) in [5.74, 6) is -5.67. The Morgan fingerprint density at radius 2 is 1.52 bits per heavy atom. The van der Waals surface area contributed by atoms with Gasteiger partial charge in [0.15, 0.2) is 17.5 Å². The predicted octanol–water partition coefficient (Wildman–Crippen LogP) is 5.75. The summed E-state index contributed by atoms with van der Waals surface area (Å²) >= 11 is 34.6. The summed E-state index contributed by atoms with van der Waals surface area (Å²) in [6.07, 6.45) is -11.8. The quantitative estimate of drug-likeness (QED) is 0.146. The first-order chi connectivity index (χ1) is 24.9. The number of halogens is 6. The molecule has 0 aromatic heterocycles. The molecule has 10 atom stereocenters. The number of rotatable bonds is 7. The normalized spacial score (nSPS) is 34.8. The monoisotopic (exact) mass is 878 g/mol. The van der Waals surface area contributed by atoms with E-state index in [0.29, 0.717) is 0 Å². The number of aliphatic hydroxyl groups is 2. The lowest BCUT2D eigenvalue weighted by atomic mass is 9.47. The van der Waals surface area contributed by atoms with Crippen molar-refractivity contribution in [2.75, 3.05) is 19.8 Å². The van der Waals surface area contributed by atoms with Crippen molar-refractivity contribution in [3.63, 3.8) is 0 Å². The van der Waals surface area contributed by atoms with Crippen molar-refractivity contribution in [2.45, 2.75) is 89.8 Å². The standard InChI is InChI=1S/C34H36Cl6O14/c1-15-19(42)11-31(47)16(2)22(15)23(52-29(46)50-14-34(38,39)40)25(43)30(4)20(51-28(45)49-13-33(35,36)37)10-21-32(12-48-21,54-17(3)41)24(30)26(31)53-27(44)18-8-6-5-7-9-18/h5-9,16,19-21,23-24,26,42,47H,10-14H2,1-4H3/t16-,19?,20?,21?,23?,24?,26?,30+,31?,32-/m0/s1. The molecule has 54 heavy (non-hydrogen) atoms. The molecule has 2 N–H and O–H groups in total. The van der Waals surface area contributed by atoms with E-state index in [1.165, 1.54) is 32.9 Å². The van der Waals surface area contributed by atoms with Crippen molar-refractivity contribution in [3.05, 3.63) is 47.0 Å². The molecule has 1 aromatic rings. The number of benzene rings is 1. The van der Waals surface area contributed by atoms with E-state index in [1.54, 1.807) is 18.2 Å². The Kier molecular flexibility index (Phi) is 12.4. The van der Waals surface area contributed by atoms with Crippen molar-refractivity contribution in [2.24, 2.45) is 17.3 Å².